The fourth-order valence-corrected chi connectivity index (χ4v) is 2.62. The van der Waals surface area contributed by atoms with Crippen molar-refractivity contribution < 1.29 is 0 Å². The predicted octanol–water partition coefficient (Wildman–Crippen LogP) is 3.24. The fourth-order valence-electron chi connectivity index (χ4n) is 2.12. The molecule has 2 aromatic rings. The van der Waals surface area contributed by atoms with Crippen LogP contribution in [0.2, 0.25) is 0 Å². The highest BCUT2D eigenvalue weighted by Crippen LogP contribution is 2.25. The van der Waals surface area contributed by atoms with Gasteiger partial charge in [0.15, 0.2) is 0 Å². The average molecular weight is 350 g/mol. The fraction of sp³-hybridized carbons (Fsp3) is 0.375. The minimum absolute atomic E-state index is 0.0491. The lowest BCUT2D eigenvalue weighted by atomic mass is 9.84. The van der Waals surface area contributed by atoms with Crippen molar-refractivity contribution in [3.8, 4) is 0 Å². The van der Waals surface area contributed by atoms with E-state index in [1.807, 2.05) is 0 Å². The summed E-state index contributed by atoms with van der Waals surface area (Å²) in [5.74, 6) is 0. The standard InChI is InChI=1S/C16H20BrN3O/c1-11-6-5-7-12(8-11)16(2,3)10-18-13-9-19-20(4)15(21)14(13)17/h5-9,18H,10H2,1-4H3. The smallest absolute Gasteiger partial charge is 0.282 e. The van der Waals surface area contributed by atoms with E-state index in [2.05, 4.69) is 71.4 Å². The molecule has 0 aliphatic carbocycles. The summed E-state index contributed by atoms with van der Waals surface area (Å²) in [4.78, 5) is 11.8. The van der Waals surface area contributed by atoms with Crippen molar-refractivity contribution >= 4 is 21.6 Å². The molecule has 0 bridgehead atoms. The van der Waals surface area contributed by atoms with Gasteiger partial charge in [-0.3, -0.25) is 4.79 Å². The summed E-state index contributed by atoms with van der Waals surface area (Å²) < 4.78 is 1.82. The van der Waals surface area contributed by atoms with Crippen molar-refractivity contribution in [2.24, 2.45) is 7.05 Å². The van der Waals surface area contributed by atoms with Crippen molar-refractivity contribution in [1.29, 1.82) is 0 Å². The van der Waals surface area contributed by atoms with Crippen molar-refractivity contribution in [2.75, 3.05) is 11.9 Å². The third-order valence-corrected chi connectivity index (χ3v) is 4.36. The van der Waals surface area contributed by atoms with Gasteiger partial charge in [-0.1, -0.05) is 43.7 Å². The molecule has 1 N–H and O–H groups in total. The maximum Gasteiger partial charge on any atom is 0.282 e. The lowest BCUT2D eigenvalue weighted by molar-refractivity contribution is 0.556. The second-order valence-corrected chi connectivity index (χ2v) is 6.70. The Kier molecular flexibility index (Phi) is 4.52. The first-order valence-electron chi connectivity index (χ1n) is 6.84. The van der Waals surface area contributed by atoms with Gasteiger partial charge in [-0.25, -0.2) is 4.68 Å². The Hall–Kier alpha value is -1.62. The number of nitrogens with one attached hydrogen (secondary N) is 1. The zero-order valence-electron chi connectivity index (χ0n) is 12.8. The first-order chi connectivity index (χ1) is 9.81. The van der Waals surface area contributed by atoms with Crippen LogP contribution in [0.3, 0.4) is 0 Å². The molecule has 0 radical (unpaired) electrons. The molecule has 0 fully saturated rings. The Balaban J connectivity index is 2.19. The number of halogens is 1. The molecule has 1 aromatic carbocycles. The number of anilines is 1. The van der Waals surface area contributed by atoms with Crippen molar-refractivity contribution in [3.63, 3.8) is 0 Å². The molecule has 2 rings (SSSR count). The topological polar surface area (TPSA) is 46.9 Å². The molecule has 1 heterocycles. The normalized spacial score (nSPS) is 11.5. The van der Waals surface area contributed by atoms with Crippen LogP contribution in [0.4, 0.5) is 5.69 Å². The quantitative estimate of drug-likeness (QED) is 0.921. The van der Waals surface area contributed by atoms with Gasteiger partial charge in [0.05, 0.1) is 11.9 Å². The van der Waals surface area contributed by atoms with Crippen molar-refractivity contribution in [3.05, 3.63) is 56.4 Å². The predicted molar refractivity (Wildman–Crippen MR) is 89.9 cm³/mol. The largest absolute Gasteiger partial charge is 0.382 e. The summed E-state index contributed by atoms with van der Waals surface area (Å²) in [5, 5.41) is 7.36. The number of aryl methyl sites for hydroxylation is 2. The van der Waals surface area contributed by atoms with E-state index in [0.29, 0.717) is 11.0 Å². The molecule has 21 heavy (non-hydrogen) atoms. The highest BCUT2D eigenvalue weighted by atomic mass is 79.9. The molecule has 0 saturated heterocycles. The Morgan fingerprint density at radius 3 is 2.76 bits per heavy atom. The molecular formula is C16H20BrN3O. The molecule has 1 aromatic heterocycles. The molecule has 0 atom stereocenters. The number of nitrogens with zero attached hydrogens (tertiary/aromatic N) is 2. The highest BCUT2D eigenvalue weighted by Gasteiger charge is 2.21. The van der Waals surface area contributed by atoms with Crippen LogP contribution in [0.5, 0.6) is 0 Å². The number of benzene rings is 1. The van der Waals surface area contributed by atoms with Crippen molar-refractivity contribution in [1.82, 2.24) is 9.78 Å². The molecule has 0 saturated carbocycles. The van der Waals surface area contributed by atoms with Crippen LogP contribution in [0.1, 0.15) is 25.0 Å². The second kappa shape index (κ2) is 6.02. The van der Waals surface area contributed by atoms with E-state index in [4.69, 9.17) is 0 Å². The summed E-state index contributed by atoms with van der Waals surface area (Å²) in [7, 11) is 1.63. The van der Waals surface area contributed by atoms with Gasteiger partial charge in [0.1, 0.15) is 4.47 Å². The number of aromatic nitrogens is 2. The summed E-state index contributed by atoms with van der Waals surface area (Å²) in [6, 6.07) is 8.49. The third kappa shape index (κ3) is 3.53. The highest BCUT2D eigenvalue weighted by molar-refractivity contribution is 9.10. The van der Waals surface area contributed by atoms with Crippen molar-refractivity contribution in [2.45, 2.75) is 26.2 Å². The van der Waals surface area contributed by atoms with Crippen LogP contribution in [0.25, 0.3) is 0 Å². The van der Waals surface area contributed by atoms with E-state index < -0.39 is 0 Å². The summed E-state index contributed by atoms with van der Waals surface area (Å²) >= 11 is 3.33. The van der Waals surface area contributed by atoms with Crippen LogP contribution in [-0.2, 0) is 12.5 Å². The minimum Gasteiger partial charge on any atom is -0.382 e. The van der Waals surface area contributed by atoms with Crippen LogP contribution < -0.4 is 10.9 Å². The molecule has 4 nitrogen and oxygen atoms in total. The summed E-state index contributed by atoms with van der Waals surface area (Å²) in [6.07, 6.45) is 1.66. The summed E-state index contributed by atoms with van der Waals surface area (Å²) in [5.41, 5.74) is 3.04. The molecule has 112 valence electrons. The molecule has 0 spiro atoms. The van der Waals surface area contributed by atoms with E-state index in [0.717, 1.165) is 5.69 Å². The molecular weight excluding hydrogens is 330 g/mol. The van der Waals surface area contributed by atoms with Gasteiger partial charge >= 0.3 is 0 Å². The monoisotopic (exact) mass is 349 g/mol. The van der Waals surface area contributed by atoms with E-state index in [1.54, 1.807) is 13.2 Å². The second-order valence-electron chi connectivity index (χ2n) is 5.91. The minimum atomic E-state index is -0.145. The Morgan fingerprint density at radius 2 is 2.10 bits per heavy atom. The number of rotatable bonds is 4. The molecule has 0 aliphatic rings. The van der Waals surface area contributed by atoms with Crippen LogP contribution >= 0.6 is 15.9 Å². The van der Waals surface area contributed by atoms with Gasteiger partial charge in [-0.2, -0.15) is 5.10 Å². The lowest BCUT2D eigenvalue weighted by Crippen LogP contribution is -2.29. The number of hydrogen-bond donors (Lipinski definition) is 1. The van der Waals surface area contributed by atoms with Crippen LogP contribution in [-0.4, -0.2) is 16.3 Å². The SMILES string of the molecule is Cc1cccc(C(C)(C)CNc2cnn(C)c(=O)c2Br)c1. The summed E-state index contributed by atoms with van der Waals surface area (Å²) in [6.45, 7) is 7.16. The molecule has 0 aliphatic heterocycles. The molecule has 0 unspecified atom stereocenters. The van der Waals surface area contributed by atoms with E-state index in [1.165, 1.54) is 15.8 Å². The Bertz CT molecular complexity index is 707. The maximum atomic E-state index is 11.8. The van der Waals surface area contributed by atoms with Gasteiger partial charge < -0.3 is 5.32 Å². The van der Waals surface area contributed by atoms with Crippen LogP contribution in [0.15, 0.2) is 39.7 Å². The van der Waals surface area contributed by atoms with E-state index in [9.17, 15) is 4.79 Å². The first kappa shape index (κ1) is 15.8. The zero-order chi connectivity index (χ0) is 15.6. The maximum absolute atomic E-state index is 11.8. The Labute approximate surface area is 133 Å². The van der Waals surface area contributed by atoms with E-state index in [-0.39, 0.29) is 11.0 Å². The van der Waals surface area contributed by atoms with Crippen LogP contribution in [0, 0.1) is 6.92 Å². The van der Waals surface area contributed by atoms with Gasteiger partial charge in [0, 0.05) is 19.0 Å². The third-order valence-electron chi connectivity index (χ3n) is 3.60. The van der Waals surface area contributed by atoms with E-state index >= 15 is 0 Å². The van der Waals surface area contributed by atoms with Gasteiger partial charge in [-0.05, 0) is 28.4 Å². The zero-order valence-corrected chi connectivity index (χ0v) is 14.4. The Morgan fingerprint density at radius 1 is 1.38 bits per heavy atom. The number of hydrogen-bond acceptors (Lipinski definition) is 3. The van der Waals surface area contributed by atoms with Gasteiger partial charge in [0.2, 0.25) is 0 Å². The first-order valence-corrected chi connectivity index (χ1v) is 7.63. The average Bonchev–Trinajstić information content (AvgIpc) is 2.44. The lowest BCUT2D eigenvalue weighted by Gasteiger charge is -2.26. The van der Waals surface area contributed by atoms with Gasteiger partial charge in [-0.15, -0.1) is 0 Å². The molecule has 0 amide bonds. The van der Waals surface area contributed by atoms with Gasteiger partial charge in [0.25, 0.3) is 5.56 Å². The molecule has 5 heteroatoms.